The average Bonchev–Trinajstić information content (AvgIpc) is 2.84. The predicted molar refractivity (Wildman–Crippen MR) is 88.0 cm³/mol. The first-order valence-corrected chi connectivity index (χ1v) is 7.99. The lowest BCUT2D eigenvalue weighted by atomic mass is 10.1. The second-order valence-corrected chi connectivity index (χ2v) is 6.14. The summed E-state index contributed by atoms with van der Waals surface area (Å²) in [6.07, 6.45) is 0.164. The Kier molecular flexibility index (Phi) is 5.38. The molecule has 2 aromatic rings. The van der Waals surface area contributed by atoms with Crippen molar-refractivity contribution in [2.75, 3.05) is 12.3 Å². The van der Waals surface area contributed by atoms with Gasteiger partial charge in [-0.2, -0.15) is 0 Å². The molecular weight excluding hydrogens is 300 g/mol. The van der Waals surface area contributed by atoms with Crippen molar-refractivity contribution in [3.8, 4) is 17.0 Å². The molecule has 22 heavy (non-hydrogen) atoms. The zero-order valence-corrected chi connectivity index (χ0v) is 13.8. The molecular formula is C16H20N2O3S. The molecule has 0 amide bonds. The van der Waals surface area contributed by atoms with Crippen molar-refractivity contribution in [1.82, 2.24) is 4.98 Å². The number of hydrogen-bond acceptors (Lipinski definition) is 6. The van der Waals surface area contributed by atoms with E-state index in [1.165, 1.54) is 11.3 Å². The van der Waals surface area contributed by atoms with Gasteiger partial charge in [0.15, 0.2) is 11.2 Å². The van der Waals surface area contributed by atoms with Crippen LogP contribution in [-0.4, -0.2) is 23.7 Å². The second kappa shape index (κ2) is 7.26. The summed E-state index contributed by atoms with van der Waals surface area (Å²) in [5, 5.41) is 0.556. The molecule has 0 aliphatic rings. The topological polar surface area (TPSA) is 74.4 Å². The molecule has 0 bridgehead atoms. The second-order valence-electron chi connectivity index (χ2n) is 4.91. The summed E-state index contributed by atoms with van der Waals surface area (Å²) < 4.78 is 10.6. The maximum atomic E-state index is 11.7. The van der Waals surface area contributed by atoms with E-state index in [1.807, 2.05) is 38.1 Å². The van der Waals surface area contributed by atoms with Crippen molar-refractivity contribution >= 4 is 22.4 Å². The molecule has 1 unspecified atom stereocenters. The van der Waals surface area contributed by atoms with Crippen molar-refractivity contribution in [2.45, 2.75) is 33.3 Å². The predicted octanol–water partition coefficient (Wildman–Crippen LogP) is 3.42. The van der Waals surface area contributed by atoms with E-state index >= 15 is 0 Å². The molecule has 1 atom stereocenters. The molecule has 0 fully saturated rings. The van der Waals surface area contributed by atoms with Crippen LogP contribution < -0.4 is 10.5 Å². The van der Waals surface area contributed by atoms with Crippen LogP contribution >= 0.6 is 11.3 Å². The van der Waals surface area contributed by atoms with Crippen LogP contribution in [0.5, 0.6) is 5.75 Å². The summed E-state index contributed by atoms with van der Waals surface area (Å²) in [5.74, 6) is 0.264. The lowest BCUT2D eigenvalue weighted by molar-refractivity contribution is -0.151. The first-order valence-electron chi connectivity index (χ1n) is 7.18. The third kappa shape index (κ3) is 3.98. The third-order valence-electron chi connectivity index (χ3n) is 3.03. The van der Waals surface area contributed by atoms with Gasteiger partial charge in [0.05, 0.1) is 12.3 Å². The molecule has 118 valence electrons. The van der Waals surface area contributed by atoms with E-state index < -0.39 is 6.10 Å². The Balaban J connectivity index is 2.03. The van der Waals surface area contributed by atoms with E-state index in [9.17, 15) is 4.79 Å². The lowest BCUT2D eigenvalue weighted by Gasteiger charge is -2.14. The van der Waals surface area contributed by atoms with Gasteiger partial charge >= 0.3 is 5.97 Å². The normalized spacial score (nSPS) is 12.0. The Bertz CT molecular complexity index is 637. The Labute approximate surface area is 134 Å². The quantitative estimate of drug-likeness (QED) is 0.825. The number of rotatable bonds is 6. The molecule has 1 heterocycles. The molecule has 0 aliphatic heterocycles. The standard InChI is InChI=1S/C16H20N2O3S/c1-4-9-20-15(19)10(2)21-13-7-5-12(6-8-13)14-11(3)22-16(17)18-14/h5-8,10H,4,9H2,1-3H3,(H2,17,18). The van der Waals surface area contributed by atoms with Gasteiger partial charge < -0.3 is 15.2 Å². The van der Waals surface area contributed by atoms with Crippen LogP contribution in [0.4, 0.5) is 5.13 Å². The highest BCUT2D eigenvalue weighted by molar-refractivity contribution is 7.15. The van der Waals surface area contributed by atoms with Crippen LogP contribution in [0.25, 0.3) is 11.3 Å². The summed E-state index contributed by atoms with van der Waals surface area (Å²) in [6, 6.07) is 7.43. The third-order valence-corrected chi connectivity index (χ3v) is 3.83. The number of nitrogens with zero attached hydrogens (tertiary/aromatic N) is 1. The zero-order valence-electron chi connectivity index (χ0n) is 13.0. The maximum Gasteiger partial charge on any atom is 0.347 e. The van der Waals surface area contributed by atoms with Gasteiger partial charge in [0, 0.05) is 10.4 Å². The van der Waals surface area contributed by atoms with Crippen LogP contribution in [0.1, 0.15) is 25.1 Å². The van der Waals surface area contributed by atoms with Crippen molar-refractivity contribution < 1.29 is 14.3 Å². The van der Waals surface area contributed by atoms with Crippen molar-refractivity contribution in [2.24, 2.45) is 0 Å². The Hall–Kier alpha value is -2.08. The molecule has 5 nitrogen and oxygen atoms in total. The van der Waals surface area contributed by atoms with Crippen LogP contribution in [0, 0.1) is 6.92 Å². The lowest BCUT2D eigenvalue weighted by Crippen LogP contribution is -2.26. The van der Waals surface area contributed by atoms with Gasteiger partial charge in [0.2, 0.25) is 0 Å². The van der Waals surface area contributed by atoms with Gasteiger partial charge in [-0.15, -0.1) is 11.3 Å². The molecule has 1 aromatic carbocycles. The largest absolute Gasteiger partial charge is 0.479 e. The number of anilines is 1. The van der Waals surface area contributed by atoms with E-state index in [1.54, 1.807) is 6.92 Å². The number of benzene rings is 1. The van der Waals surface area contributed by atoms with Gasteiger partial charge in [0.25, 0.3) is 0 Å². The number of nitrogens with two attached hydrogens (primary N) is 1. The Morgan fingerprint density at radius 1 is 1.36 bits per heavy atom. The highest BCUT2D eigenvalue weighted by Crippen LogP contribution is 2.29. The Morgan fingerprint density at radius 3 is 2.59 bits per heavy atom. The van der Waals surface area contributed by atoms with Gasteiger partial charge in [-0.05, 0) is 44.5 Å². The zero-order chi connectivity index (χ0) is 16.1. The molecule has 0 radical (unpaired) electrons. The van der Waals surface area contributed by atoms with Gasteiger partial charge in [-0.3, -0.25) is 0 Å². The minimum absolute atomic E-state index is 0.353. The molecule has 1 aromatic heterocycles. The highest BCUT2D eigenvalue weighted by Gasteiger charge is 2.16. The number of hydrogen-bond donors (Lipinski definition) is 1. The van der Waals surface area contributed by atoms with Crippen LogP contribution in [0.15, 0.2) is 24.3 Å². The molecule has 0 saturated carbocycles. The first kappa shape index (κ1) is 16.3. The monoisotopic (exact) mass is 320 g/mol. The van der Waals surface area contributed by atoms with Crippen molar-refractivity contribution in [3.05, 3.63) is 29.1 Å². The number of aryl methyl sites for hydroxylation is 1. The minimum Gasteiger partial charge on any atom is -0.479 e. The summed E-state index contributed by atoms with van der Waals surface area (Å²) in [6.45, 7) is 6.03. The van der Waals surface area contributed by atoms with Gasteiger partial charge in [0.1, 0.15) is 5.75 Å². The van der Waals surface area contributed by atoms with Crippen molar-refractivity contribution in [3.63, 3.8) is 0 Å². The summed E-state index contributed by atoms with van der Waals surface area (Å²) in [4.78, 5) is 17.1. The molecule has 2 N–H and O–H groups in total. The number of carbonyl (C=O) groups is 1. The fourth-order valence-electron chi connectivity index (χ4n) is 1.95. The summed E-state index contributed by atoms with van der Waals surface area (Å²) in [7, 11) is 0. The minimum atomic E-state index is -0.631. The fraction of sp³-hybridized carbons (Fsp3) is 0.375. The molecule has 2 rings (SSSR count). The van der Waals surface area contributed by atoms with Crippen LogP contribution in [0.2, 0.25) is 0 Å². The summed E-state index contributed by atoms with van der Waals surface area (Å²) >= 11 is 1.46. The first-order chi connectivity index (χ1) is 10.5. The van der Waals surface area contributed by atoms with Gasteiger partial charge in [-0.25, -0.2) is 9.78 Å². The summed E-state index contributed by atoms with van der Waals surface area (Å²) in [5.41, 5.74) is 7.57. The molecule has 0 saturated heterocycles. The Morgan fingerprint density at radius 2 is 2.05 bits per heavy atom. The van der Waals surface area contributed by atoms with Crippen LogP contribution in [-0.2, 0) is 9.53 Å². The SMILES string of the molecule is CCCOC(=O)C(C)Oc1ccc(-c2nc(N)sc2C)cc1. The number of ether oxygens (including phenoxy) is 2. The van der Waals surface area contributed by atoms with Crippen molar-refractivity contribution in [1.29, 1.82) is 0 Å². The molecule has 0 aliphatic carbocycles. The average molecular weight is 320 g/mol. The van der Waals surface area contributed by atoms with E-state index in [-0.39, 0.29) is 5.97 Å². The van der Waals surface area contributed by atoms with E-state index in [0.717, 1.165) is 22.6 Å². The number of aromatic nitrogens is 1. The van der Waals surface area contributed by atoms with E-state index in [4.69, 9.17) is 15.2 Å². The number of nitrogen functional groups attached to an aromatic ring is 1. The number of thiazole rings is 1. The smallest absolute Gasteiger partial charge is 0.347 e. The van der Waals surface area contributed by atoms with Crippen LogP contribution in [0.3, 0.4) is 0 Å². The van der Waals surface area contributed by atoms with E-state index in [2.05, 4.69) is 4.98 Å². The molecule has 6 heteroatoms. The highest BCUT2D eigenvalue weighted by atomic mass is 32.1. The number of carbonyl (C=O) groups excluding carboxylic acids is 1. The molecule has 0 spiro atoms. The van der Waals surface area contributed by atoms with Gasteiger partial charge in [-0.1, -0.05) is 6.92 Å². The number of esters is 1. The maximum absolute atomic E-state index is 11.7. The fourth-order valence-corrected chi connectivity index (χ4v) is 2.66. The van der Waals surface area contributed by atoms with E-state index in [0.29, 0.717) is 17.5 Å².